The molecule has 5 rings (SSSR count). The third-order valence-corrected chi connectivity index (χ3v) is 6.81. The van der Waals surface area contributed by atoms with E-state index >= 15 is 0 Å². The number of hydrogen-bond acceptors (Lipinski definition) is 4. The molecule has 1 fully saturated rings. The molecule has 0 saturated carbocycles. The van der Waals surface area contributed by atoms with E-state index in [0.717, 1.165) is 54.2 Å². The number of carbonyl (C=O) groups excluding carboxylic acids is 1. The smallest absolute Gasteiger partial charge is 0.256 e. The third-order valence-electron chi connectivity index (χ3n) is 6.81. The number of anilines is 1. The molecule has 1 aliphatic rings. The normalized spacial score (nSPS) is 16.6. The Kier molecular flexibility index (Phi) is 5.37. The number of fused-ring (bicyclic) bond motifs is 2. The van der Waals surface area contributed by atoms with Crippen LogP contribution in [0.2, 0.25) is 0 Å². The summed E-state index contributed by atoms with van der Waals surface area (Å²) in [4.78, 5) is 22.6. The molecule has 0 aliphatic carbocycles. The Hall–Kier alpha value is -3.32. The summed E-state index contributed by atoms with van der Waals surface area (Å²) in [5.41, 5.74) is 11.8. The number of amides is 1. The second kappa shape index (κ2) is 8.23. The number of nitrogens with two attached hydrogens (primary N) is 1. The molecule has 172 valence electrons. The molecule has 2 aromatic carbocycles. The summed E-state index contributed by atoms with van der Waals surface area (Å²) in [6.07, 6.45) is 1.91. The van der Waals surface area contributed by atoms with Gasteiger partial charge in [-0.3, -0.25) is 4.79 Å². The lowest BCUT2D eigenvalue weighted by atomic mass is 10.0. The Morgan fingerprint density at radius 3 is 2.73 bits per heavy atom. The van der Waals surface area contributed by atoms with Gasteiger partial charge in [-0.05, 0) is 44.0 Å². The van der Waals surface area contributed by atoms with Gasteiger partial charge in [0.1, 0.15) is 5.52 Å². The van der Waals surface area contributed by atoms with Gasteiger partial charge in [-0.1, -0.05) is 18.2 Å². The molecule has 7 heteroatoms. The van der Waals surface area contributed by atoms with E-state index in [1.54, 1.807) is 0 Å². The first kappa shape index (κ1) is 21.5. The summed E-state index contributed by atoms with van der Waals surface area (Å²) in [6.45, 7) is 4.33. The molecule has 2 N–H and O–H groups in total. The van der Waals surface area contributed by atoms with Crippen molar-refractivity contribution in [2.75, 3.05) is 32.1 Å². The molecule has 1 atom stereocenters. The predicted octanol–water partition coefficient (Wildman–Crippen LogP) is 3.84. The van der Waals surface area contributed by atoms with Crippen molar-refractivity contribution in [3.63, 3.8) is 0 Å². The molecule has 7 nitrogen and oxygen atoms in total. The first-order chi connectivity index (χ1) is 15.9. The number of likely N-dealkylation sites (tertiary alicyclic amines) is 1. The molecule has 1 saturated heterocycles. The highest BCUT2D eigenvalue weighted by Crippen LogP contribution is 2.35. The number of piperidine rings is 1. The SMILES string of the molecule is CCn1c(-c2nc3c(C(=O)N4CCC[C@@H](N)C4)ccc(N(C)C)c3n2C)cc2ccccc21. The maximum Gasteiger partial charge on any atom is 0.256 e. The van der Waals surface area contributed by atoms with Gasteiger partial charge in [-0.2, -0.15) is 0 Å². The lowest BCUT2D eigenvalue weighted by molar-refractivity contribution is 0.0710. The number of rotatable bonds is 4. The van der Waals surface area contributed by atoms with Crippen LogP contribution in [-0.2, 0) is 13.6 Å². The number of hydrogen-bond donors (Lipinski definition) is 1. The summed E-state index contributed by atoms with van der Waals surface area (Å²) >= 11 is 0. The number of carbonyl (C=O) groups is 1. The summed E-state index contributed by atoms with van der Waals surface area (Å²) in [7, 11) is 6.09. The second-order valence-electron chi connectivity index (χ2n) is 9.20. The summed E-state index contributed by atoms with van der Waals surface area (Å²) in [5, 5.41) is 1.19. The molecule has 1 aliphatic heterocycles. The van der Waals surface area contributed by atoms with Crippen LogP contribution in [0.3, 0.4) is 0 Å². The highest BCUT2D eigenvalue weighted by molar-refractivity contribution is 6.09. The van der Waals surface area contributed by atoms with Crippen LogP contribution in [0.4, 0.5) is 5.69 Å². The van der Waals surface area contributed by atoms with Gasteiger partial charge in [0.15, 0.2) is 5.82 Å². The molecular formula is C26H32N6O. The highest BCUT2D eigenvalue weighted by Gasteiger charge is 2.27. The lowest BCUT2D eigenvalue weighted by Crippen LogP contribution is -2.45. The van der Waals surface area contributed by atoms with Crippen LogP contribution in [0.15, 0.2) is 42.5 Å². The number of nitrogens with zero attached hydrogens (tertiary/aromatic N) is 5. The zero-order valence-electron chi connectivity index (χ0n) is 19.9. The van der Waals surface area contributed by atoms with Crippen molar-refractivity contribution in [3.05, 3.63) is 48.0 Å². The van der Waals surface area contributed by atoms with Gasteiger partial charge in [0, 0.05) is 57.7 Å². The van der Waals surface area contributed by atoms with Crippen molar-refractivity contribution < 1.29 is 4.79 Å². The Balaban J connectivity index is 1.73. The maximum atomic E-state index is 13.6. The second-order valence-corrected chi connectivity index (χ2v) is 9.20. The topological polar surface area (TPSA) is 72.3 Å². The van der Waals surface area contributed by atoms with E-state index in [0.29, 0.717) is 12.1 Å². The first-order valence-electron chi connectivity index (χ1n) is 11.7. The Bertz CT molecular complexity index is 1350. The molecular weight excluding hydrogens is 412 g/mol. The minimum atomic E-state index is 0.0149. The maximum absolute atomic E-state index is 13.6. The van der Waals surface area contributed by atoms with Gasteiger partial charge in [0.25, 0.3) is 5.91 Å². The van der Waals surface area contributed by atoms with Crippen LogP contribution in [0.25, 0.3) is 33.5 Å². The fourth-order valence-electron chi connectivity index (χ4n) is 5.16. The van der Waals surface area contributed by atoms with Crippen molar-refractivity contribution in [2.45, 2.75) is 32.4 Å². The van der Waals surface area contributed by atoms with Crippen molar-refractivity contribution in [2.24, 2.45) is 12.8 Å². The van der Waals surface area contributed by atoms with Crippen LogP contribution < -0.4 is 10.6 Å². The van der Waals surface area contributed by atoms with E-state index in [-0.39, 0.29) is 11.9 Å². The number of imidazole rings is 1. The van der Waals surface area contributed by atoms with E-state index in [4.69, 9.17) is 10.7 Å². The largest absolute Gasteiger partial charge is 0.376 e. The van der Waals surface area contributed by atoms with E-state index in [9.17, 15) is 4.79 Å². The zero-order valence-corrected chi connectivity index (χ0v) is 19.9. The average Bonchev–Trinajstić information content (AvgIpc) is 3.35. The Morgan fingerprint density at radius 1 is 1.21 bits per heavy atom. The average molecular weight is 445 g/mol. The van der Waals surface area contributed by atoms with Crippen molar-refractivity contribution in [3.8, 4) is 11.5 Å². The van der Waals surface area contributed by atoms with Crippen LogP contribution >= 0.6 is 0 Å². The third kappa shape index (κ3) is 3.47. The Labute approximate surface area is 194 Å². The van der Waals surface area contributed by atoms with Gasteiger partial charge >= 0.3 is 0 Å². The van der Waals surface area contributed by atoms with Crippen LogP contribution in [0.5, 0.6) is 0 Å². The standard InChI is InChI=1S/C26H32N6O/c1-5-32-20-11-7-6-9-17(20)15-22(32)25-28-23-19(26(33)31-14-8-10-18(27)16-31)12-13-21(29(2)3)24(23)30(25)4/h6-7,9,11-13,15,18H,5,8,10,14,16,27H2,1-4H3/t18-/m1/s1. The Morgan fingerprint density at radius 2 is 2.00 bits per heavy atom. The number of aromatic nitrogens is 3. The summed E-state index contributed by atoms with van der Waals surface area (Å²) in [5.74, 6) is 0.878. The van der Waals surface area contributed by atoms with Crippen LogP contribution in [0.1, 0.15) is 30.1 Å². The van der Waals surface area contributed by atoms with Gasteiger partial charge in [-0.25, -0.2) is 4.98 Å². The fourth-order valence-corrected chi connectivity index (χ4v) is 5.16. The fraction of sp³-hybridized carbons (Fsp3) is 0.385. The van der Waals surface area contributed by atoms with Crippen molar-refractivity contribution in [1.29, 1.82) is 0 Å². The predicted molar refractivity (Wildman–Crippen MR) is 135 cm³/mol. The van der Waals surface area contributed by atoms with Gasteiger partial charge < -0.3 is 24.7 Å². The number of benzene rings is 2. The van der Waals surface area contributed by atoms with E-state index in [1.165, 1.54) is 10.9 Å². The minimum absolute atomic E-state index is 0.0149. The first-order valence-corrected chi connectivity index (χ1v) is 11.7. The molecule has 1 amide bonds. The molecule has 0 radical (unpaired) electrons. The van der Waals surface area contributed by atoms with Gasteiger partial charge in [0.2, 0.25) is 0 Å². The van der Waals surface area contributed by atoms with Gasteiger partial charge in [0.05, 0.1) is 22.5 Å². The number of aryl methyl sites for hydroxylation is 2. The monoisotopic (exact) mass is 444 g/mol. The highest BCUT2D eigenvalue weighted by atomic mass is 16.2. The van der Waals surface area contributed by atoms with Gasteiger partial charge in [-0.15, -0.1) is 0 Å². The summed E-state index contributed by atoms with van der Waals surface area (Å²) < 4.78 is 4.42. The molecule has 0 unspecified atom stereocenters. The van der Waals surface area contributed by atoms with Crippen molar-refractivity contribution >= 4 is 33.5 Å². The molecule has 2 aromatic heterocycles. The molecule has 3 heterocycles. The van der Waals surface area contributed by atoms with E-state index < -0.39 is 0 Å². The molecule has 4 aromatic rings. The molecule has 0 spiro atoms. The van der Waals surface area contributed by atoms with Crippen LogP contribution in [-0.4, -0.2) is 58.2 Å². The summed E-state index contributed by atoms with van der Waals surface area (Å²) in [6, 6.07) is 14.6. The zero-order chi connectivity index (χ0) is 23.3. The molecule has 33 heavy (non-hydrogen) atoms. The molecule has 0 bridgehead atoms. The number of para-hydroxylation sites is 1. The van der Waals surface area contributed by atoms with Crippen LogP contribution in [0, 0.1) is 0 Å². The van der Waals surface area contributed by atoms with E-state index in [1.807, 2.05) is 38.2 Å². The minimum Gasteiger partial charge on any atom is -0.376 e. The van der Waals surface area contributed by atoms with Crippen molar-refractivity contribution in [1.82, 2.24) is 19.0 Å². The lowest BCUT2D eigenvalue weighted by Gasteiger charge is -2.31. The van der Waals surface area contributed by atoms with E-state index in [2.05, 4.69) is 51.3 Å². The quantitative estimate of drug-likeness (QED) is 0.519.